The van der Waals surface area contributed by atoms with Crippen LogP contribution in [0.3, 0.4) is 0 Å². The molecule has 0 N–H and O–H groups in total. The summed E-state index contributed by atoms with van der Waals surface area (Å²) in [5, 5.41) is 0.951. The highest BCUT2D eigenvalue weighted by Gasteiger charge is 2.41. The van der Waals surface area contributed by atoms with Gasteiger partial charge in [0.1, 0.15) is 0 Å². The molecule has 0 atom stereocenters. The van der Waals surface area contributed by atoms with Crippen molar-refractivity contribution in [3.8, 4) is 0 Å². The Morgan fingerprint density at radius 2 is 0.633 bits per heavy atom. The lowest BCUT2D eigenvalue weighted by Gasteiger charge is -2.32. The van der Waals surface area contributed by atoms with E-state index >= 15 is 0 Å². The molecule has 0 amide bonds. The van der Waals surface area contributed by atoms with Gasteiger partial charge in [-0.25, -0.2) is 0 Å². The third kappa shape index (κ3) is 9.90. The van der Waals surface area contributed by atoms with Crippen molar-refractivity contribution < 1.29 is 26.0 Å². The van der Waals surface area contributed by atoms with E-state index in [4.69, 9.17) is 16.9 Å². The molecule has 30 heavy (non-hydrogen) atoms. The van der Waals surface area contributed by atoms with E-state index in [0.29, 0.717) is 10.6 Å². The van der Waals surface area contributed by atoms with E-state index in [1.807, 2.05) is 78.6 Å². The summed E-state index contributed by atoms with van der Waals surface area (Å²) in [6, 6.07) is 6.74. The van der Waals surface area contributed by atoms with Gasteiger partial charge in [0.25, 0.3) is 0 Å². The lowest BCUT2D eigenvalue weighted by molar-refractivity contribution is 0.393. The van der Waals surface area contributed by atoms with E-state index in [1.54, 1.807) is 24.3 Å². The first-order valence-electron chi connectivity index (χ1n) is 10.2. The molecule has 1 aromatic carbocycles. The molecule has 174 valence electrons. The molecular weight excluding hydrogens is 486 g/mol. The van der Waals surface area contributed by atoms with E-state index in [-0.39, 0.29) is 0 Å². The van der Waals surface area contributed by atoms with Crippen LogP contribution in [0.1, 0.15) is 0 Å². The van der Waals surface area contributed by atoms with Crippen molar-refractivity contribution >= 4 is 59.1 Å². The summed E-state index contributed by atoms with van der Waals surface area (Å²) in [7, 11) is -15.6. The van der Waals surface area contributed by atoms with Crippen molar-refractivity contribution in [1.29, 1.82) is 0 Å². The molecule has 0 aromatic heterocycles. The van der Waals surface area contributed by atoms with Crippen LogP contribution in [0.5, 0.6) is 0 Å². The fourth-order valence-electron chi connectivity index (χ4n) is 2.51. The Labute approximate surface area is 187 Å². The highest BCUT2D eigenvalue weighted by Crippen LogP contribution is 2.54. The molecule has 0 heterocycles. The van der Waals surface area contributed by atoms with Gasteiger partial charge < -0.3 is 16.9 Å². The summed E-state index contributed by atoms with van der Waals surface area (Å²) in [6.07, 6.45) is 0. The smallest absolute Gasteiger partial charge is 0.342 e. The van der Waals surface area contributed by atoms with Crippen molar-refractivity contribution in [3.63, 3.8) is 0 Å². The van der Waals surface area contributed by atoms with Gasteiger partial charge in [-0.1, -0.05) is 0 Å². The normalized spacial score (nSPS) is 14.8. The largest absolute Gasteiger partial charge is 0.348 e. The van der Waals surface area contributed by atoms with Crippen LogP contribution >= 0.6 is 15.2 Å². The molecule has 0 spiro atoms. The van der Waals surface area contributed by atoms with Gasteiger partial charge in [-0.3, -0.25) is 9.13 Å². The molecule has 12 heteroatoms. The summed E-state index contributed by atoms with van der Waals surface area (Å²) >= 11 is 0. The van der Waals surface area contributed by atoms with Gasteiger partial charge in [0.2, 0.25) is 0 Å². The van der Waals surface area contributed by atoms with Gasteiger partial charge in [0, 0.05) is 0 Å². The average Bonchev–Trinajstić information content (AvgIpc) is 2.39. The minimum Gasteiger partial charge on any atom is -0.348 e. The molecule has 1 aromatic rings. The summed E-state index contributed by atoms with van der Waals surface area (Å²) < 4.78 is 51.8. The van der Waals surface area contributed by atoms with E-state index in [1.165, 1.54) is 0 Å². The van der Waals surface area contributed by atoms with Crippen LogP contribution in [0.25, 0.3) is 0 Å². The number of hydrogen-bond acceptors (Lipinski definition) is 6. The lowest BCUT2D eigenvalue weighted by Crippen LogP contribution is -2.34. The van der Waals surface area contributed by atoms with Gasteiger partial charge in [-0.05, 0) is 103 Å². The standard InChI is InChI=1S/C18H40O6P2Si4/c1-27(2,3)21-25(19,22-28(4,5)6)17-13-15-18(16-14-17)26(20,23-29(7,8)9)24-30(10,11)12/h13-16H,1-12H3. The zero-order valence-corrected chi connectivity index (χ0v) is 26.4. The van der Waals surface area contributed by atoms with Crippen LogP contribution in [0.4, 0.5) is 0 Å². The van der Waals surface area contributed by atoms with Gasteiger partial charge in [0.05, 0.1) is 10.6 Å². The maximum absolute atomic E-state index is 13.8. The summed E-state index contributed by atoms with van der Waals surface area (Å²) in [4.78, 5) is 0. The Kier molecular flexibility index (Phi) is 8.84. The number of benzene rings is 1. The van der Waals surface area contributed by atoms with E-state index < -0.39 is 48.5 Å². The van der Waals surface area contributed by atoms with Crippen LogP contribution in [-0.4, -0.2) is 33.3 Å². The summed E-state index contributed by atoms with van der Waals surface area (Å²) in [5.74, 6) is 0. The average molecular weight is 527 g/mol. The lowest BCUT2D eigenvalue weighted by atomic mass is 10.4. The van der Waals surface area contributed by atoms with Crippen molar-refractivity contribution in [1.82, 2.24) is 0 Å². The number of rotatable bonds is 10. The zero-order chi connectivity index (χ0) is 23.8. The molecule has 1 rings (SSSR count). The van der Waals surface area contributed by atoms with Gasteiger partial charge in [-0.2, -0.15) is 0 Å². The maximum atomic E-state index is 13.8. The monoisotopic (exact) mass is 526 g/mol. The van der Waals surface area contributed by atoms with Crippen LogP contribution in [0.15, 0.2) is 24.3 Å². The van der Waals surface area contributed by atoms with Crippen molar-refractivity contribution in [2.75, 3.05) is 0 Å². The Bertz CT molecular complexity index is 709. The third-order valence-electron chi connectivity index (χ3n) is 3.06. The molecule has 0 radical (unpaired) electrons. The predicted molar refractivity (Wildman–Crippen MR) is 139 cm³/mol. The highest BCUT2D eigenvalue weighted by molar-refractivity contribution is 7.65. The predicted octanol–water partition coefficient (Wildman–Crippen LogP) is 6.73. The fourth-order valence-corrected chi connectivity index (χ4v) is 17.7. The van der Waals surface area contributed by atoms with E-state index in [0.717, 1.165) is 0 Å². The molecule has 0 bridgehead atoms. The Hall–Kier alpha value is 0.388. The van der Waals surface area contributed by atoms with Gasteiger partial charge in [-0.15, -0.1) is 0 Å². The number of hydrogen-bond donors (Lipinski definition) is 0. The second-order valence-electron chi connectivity index (χ2n) is 11.3. The minimum atomic E-state index is -3.50. The van der Waals surface area contributed by atoms with E-state index in [2.05, 4.69) is 0 Å². The molecule has 0 fully saturated rings. The summed E-state index contributed by atoms with van der Waals surface area (Å²) in [5.41, 5.74) is 0. The molecular formula is C18H40O6P2Si4. The second-order valence-corrected chi connectivity index (χ2v) is 34.2. The van der Waals surface area contributed by atoms with Crippen LogP contribution in [-0.2, 0) is 26.0 Å². The fraction of sp³-hybridized carbons (Fsp3) is 0.667. The maximum Gasteiger partial charge on any atom is 0.342 e. The molecule has 0 aliphatic rings. The van der Waals surface area contributed by atoms with E-state index in [9.17, 15) is 9.13 Å². The first-order valence-corrected chi connectivity index (χ1v) is 26.9. The SMILES string of the molecule is C[Si](C)(C)OP(=O)(O[Si](C)(C)C)c1ccc(P(=O)(O[Si](C)(C)C)O[Si](C)(C)C)cc1. The molecule has 6 nitrogen and oxygen atoms in total. The Morgan fingerprint density at radius 1 is 0.467 bits per heavy atom. The highest BCUT2D eigenvalue weighted by atomic mass is 31.2. The quantitative estimate of drug-likeness (QED) is 0.249. The minimum absolute atomic E-state index is 0.476. The van der Waals surface area contributed by atoms with Crippen molar-refractivity contribution in [2.45, 2.75) is 78.6 Å². The summed E-state index contributed by atoms with van der Waals surface area (Å²) in [6.45, 7) is 23.8. The molecule has 0 saturated heterocycles. The van der Waals surface area contributed by atoms with Crippen molar-refractivity contribution in [3.05, 3.63) is 24.3 Å². The van der Waals surface area contributed by atoms with Crippen molar-refractivity contribution in [2.24, 2.45) is 0 Å². The molecule has 0 saturated carbocycles. The van der Waals surface area contributed by atoms with Crippen LogP contribution in [0.2, 0.25) is 78.6 Å². The van der Waals surface area contributed by atoms with Gasteiger partial charge >= 0.3 is 15.2 Å². The molecule has 0 unspecified atom stereocenters. The molecule has 0 aliphatic heterocycles. The Balaban J connectivity index is 3.45. The van der Waals surface area contributed by atoms with Gasteiger partial charge in [0.15, 0.2) is 33.3 Å². The van der Waals surface area contributed by atoms with Crippen LogP contribution in [0, 0.1) is 0 Å². The molecule has 0 aliphatic carbocycles. The second kappa shape index (κ2) is 9.33. The Morgan fingerprint density at radius 3 is 0.767 bits per heavy atom. The van der Waals surface area contributed by atoms with Crippen LogP contribution < -0.4 is 10.6 Å². The first kappa shape index (κ1) is 28.4. The first-order chi connectivity index (χ1) is 13.0. The third-order valence-corrected chi connectivity index (χ3v) is 17.5. The zero-order valence-electron chi connectivity index (χ0n) is 20.7. The topological polar surface area (TPSA) is 71.1 Å².